The SMILES string of the molecule is COCCCc1nc(C(C)(F)F)ccc1C(=O)O. The van der Waals surface area contributed by atoms with Gasteiger partial charge in [-0.25, -0.2) is 4.79 Å². The summed E-state index contributed by atoms with van der Waals surface area (Å²) in [5.74, 6) is -4.24. The summed E-state index contributed by atoms with van der Waals surface area (Å²) < 4.78 is 31.1. The van der Waals surface area contributed by atoms with E-state index < -0.39 is 17.6 Å². The van der Waals surface area contributed by atoms with Gasteiger partial charge in [0.25, 0.3) is 5.92 Å². The number of nitrogens with zero attached hydrogens (tertiary/aromatic N) is 1. The summed E-state index contributed by atoms with van der Waals surface area (Å²) in [5, 5.41) is 8.96. The van der Waals surface area contributed by atoms with Crippen molar-refractivity contribution in [3.05, 3.63) is 29.1 Å². The molecule has 0 amide bonds. The highest BCUT2D eigenvalue weighted by Crippen LogP contribution is 2.26. The minimum absolute atomic E-state index is 0.0425. The molecule has 0 aliphatic heterocycles. The van der Waals surface area contributed by atoms with Gasteiger partial charge in [-0.2, -0.15) is 8.78 Å². The van der Waals surface area contributed by atoms with Crippen LogP contribution in [0.25, 0.3) is 0 Å². The van der Waals surface area contributed by atoms with Crippen LogP contribution >= 0.6 is 0 Å². The molecule has 0 unspecified atom stereocenters. The van der Waals surface area contributed by atoms with Gasteiger partial charge in [-0.05, 0) is 25.0 Å². The summed E-state index contributed by atoms with van der Waals surface area (Å²) >= 11 is 0. The van der Waals surface area contributed by atoms with Gasteiger partial charge in [0, 0.05) is 20.6 Å². The number of halogens is 2. The average Bonchev–Trinajstić information content (AvgIpc) is 2.27. The molecule has 100 valence electrons. The number of alkyl halides is 2. The molecule has 0 spiro atoms. The Bertz CT molecular complexity index is 430. The van der Waals surface area contributed by atoms with E-state index in [1.165, 1.54) is 13.2 Å². The van der Waals surface area contributed by atoms with E-state index in [1.54, 1.807) is 0 Å². The molecule has 6 heteroatoms. The molecule has 1 heterocycles. The average molecular weight is 259 g/mol. The fourth-order valence-electron chi connectivity index (χ4n) is 1.52. The normalized spacial score (nSPS) is 11.6. The quantitative estimate of drug-likeness (QED) is 0.797. The number of pyridine rings is 1. The van der Waals surface area contributed by atoms with Crippen LogP contribution in [0.1, 0.15) is 35.1 Å². The van der Waals surface area contributed by atoms with E-state index in [0.29, 0.717) is 19.4 Å². The monoisotopic (exact) mass is 259 g/mol. The first-order valence-corrected chi connectivity index (χ1v) is 5.46. The van der Waals surface area contributed by atoms with Crippen LogP contribution in [-0.4, -0.2) is 29.8 Å². The molecule has 0 aliphatic rings. The van der Waals surface area contributed by atoms with Crippen LogP contribution in [0.3, 0.4) is 0 Å². The topological polar surface area (TPSA) is 59.4 Å². The number of aryl methyl sites for hydroxylation is 1. The fraction of sp³-hybridized carbons (Fsp3) is 0.500. The Hall–Kier alpha value is -1.56. The van der Waals surface area contributed by atoms with E-state index in [2.05, 4.69) is 4.98 Å². The molecule has 1 N–H and O–H groups in total. The van der Waals surface area contributed by atoms with Crippen molar-refractivity contribution in [2.45, 2.75) is 25.7 Å². The highest BCUT2D eigenvalue weighted by atomic mass is 19.3. The molecule has 0 saturated heterocycles. The lowest BCUT2D eigenvalue weighted by atomic mass is 10.1. The lowest BCUT2D eigenvalue weighted by molar-refractivity contribution is 0.0124. The predicted molar refractivity (Wildman–Crippen MR) is 61.0 cm³/mol. The van der Waals surface area contributed by atoms with Crippen molar-refractivity contribution < 1.29 is 23.4 Å². The third-order valence-corrected chi connectivity index (χ3v) is 2.42. The molecule has 0 saturated carbocycles. The summed E-state index contributed by atoms with van der Waals surface area (Å²) in [6.07, 6.45) is 0.821. The van der Waals surface area contributed by atoms with Gasteiger partial charge >= 0.3 is 5.97 Å². The fourth-order valence-corrected chi connectivity index (χ4v) is 1.52. The Balaban J connectivity index is 3.04. The summed E-state index contributed by atoms with van der Waals surface area (Å²) in [4.78, 5) is 14.7. The van der Waals surface area contributed by atoms with E-state index in [0.717, 1.165) is 13.0 Å². The Kier molecular flexibility index (Phi) is 4.72. The Morgan fingerprint density at radius 1 is 1.50 bits per heavy atom. The van der Waals surface area contributed by atoms with Crippen LogP contribution in [0.15, 0.2) is 12.1 Å². The van der Waals surface area contributed by atoms with Crippen LogP contribution < -0.4 is 0 Å². The maximum absolute atomic E-state index is 13.1. The van der Waals surface area contributed by atoms with Crippen molar-refractivity contribution in [2.24, 2.45) is 0 Å². The molecule has 1 aromatic heterocycles. The molecule has 18 heavy (non-hydrogen) atoms. The number of hydrogen-bond donors (Lipinski definition) is 1. The lowest BCUT2D eigenvalue weighted by Gasteiger charge is -2.12. The van der Waals surface area contributed by atoms with Gasteiger partial charge in [0.05, 0.1) is 11.3 Å². The summed E-state index contributed by atoms with van der Waals surface area (Å²) in [7, 11) is 1.52. The zero-order chi connectivity index (χ0) is 13.8. The van der Waals surface area contributed by atoms with Crippen LogP contribution in [0.2, 0.25) is 0 Å². The number of methoxy groups -OCH3 is 1. The van der Waals surface area contributed by atoms with Gasteiger partial charge in [-0.15, -0.1) is 0 Å². The van der Waals surface area contributed by atoms with Crippen LogP contribution in [0.4, 0.5) is 8.78 Å². The zero-order valence-corrected chi connectivity index (χ0v) is 10.2. The highest BCUT2D eigenvalue weighted by Gasteiger charge is 2.27. The molecule has 1 rings (SSSR count). The Morgan fingerprint density at radius 3 is 2.67 bits per heavy atom. The smallest absolute Gasteiger partial charge is 0.337 e. The molecule has 1 aromatic rings. The van der Waals surface area contributed by atoms with Crippen LogP contribution in [0, 0.1) is 0 Å². The summed E-state index contributed by atoms with van der Waals surface area (Å²) in [5.41, 5.74) is -0.294. The van der Waals surface area contributed by atoms with Crippen molar-refractivity contribution in [1.29, 1.82) is 0 Å². The van der Waals surface area contributed by atoms with Crippen molar-refractivity contribution in [1.82, 2.24) is 4.98 Å². The molecular weight excluding hydrogens is 244 g/mol. The van der Waals surface area contributed by atoms with Gasteiger partial charge < -0.3 is 9.84 Å². The van der Waals surface area contributed by atoms with E-state index in [4.69, 9.17) is 9.84 Å². The number of rotatable bonds is 6. The Labute approximate surface area is 104 Å². The van der Waals surface area contributed by atoms with Crippen molar-refractivity contribution in [2.75, 3.05) is 13.7 Å². The van der Waals surface area contributed by atoms with Crippen LogP contribution in [-0.2, 0) is 17.1 Å². The molecule has 0 aliphatic carbocycles. The van der Waals surface area contributed by atoms with Gasteiger partial charge in [-0.1, -0.05) is 0 Å². The maximum Gasteiger partial charge on any atom is 0.337 e. The van der Waals surface area contributed by atoms with Crippen LogP contribution in [0.5, 0.6) is 0 Å². The second-order valence-electron chi connectivity index (χ2n) is 3.98. The van der Waals surface area contributed by atoms with Crippen molar-refractivity contribution in [3.63, 3.8) is 0 Å². The predicted octanol–water partition coefficient (Wildman–Crippen LogP) is 2.47. The molecule has 4 nitrogen and oxygen atoms in total. The lowest BCUT2D eigenvalue weighted by Crippen LogP contribution is -2.14. The van der Waals surface area contributed by atoms with E-state index in [1.807, 2.05) is 0 Å². The van der Waals surface area contributed by atoms with Gasteiger partial charge in [0.2, 0.25) is 0 Å². The minimum Gasteiger partial charge on any atom is -0.478 e. The van der Waals surface area contributed by atoms with Gasteiger partial charge in [-0.3, -0.25) is 4.98 Å². The minimum atomic E-state index is -3.08. The number of carboxylic acid groups (broad SMARTS) is 1. The summed E-state index contributed by atoms with van der Waals surface area (Å²) in [6, 6.07) is 2.22. The number of aromatic nitrogens is 1. The largest absolute Gasteiger partial charge is 0.478 e. The molecular formula is C12H15F2NO3. The number of carboxylic acids is 1. The third-order valence-electron chi connectivity index (χ3n) is 2.42. The molecule has 0 bridgehead atoms. The third kappa shape index (κ3) is 3.73. The van der Waals surface area contributed by atoms with Crippen molar-refractivity contribution in [3.8, 4) is 0 Å². The van der Waals surface area contributed by atoms with Crippen molar-refractivity contribution >= 4 is 5.97 Å². The number of hydrogen-bond acceptors (Lipinski definition) is 3. The molecule has 0 radical (unpaired) electrons. The van der Waals surface area contributed by atoms with E-state index >= 15 is 0 Å². The maximum atomic E-state index is 13.1. The second kappa shape index (κ2) is 5.86. The molecule has 0 aromatic carbocycles. The van der Waals surface area contributed by atoms with E-state index in [-0.39, 0.29) is 11.3 Å². The number of ether oxygens (including phenoxy) is 1. The number of carbonyl (C=O) groups is 1. The Morgan fingerprint density at radius 2 is 2.17 bits per heavy atom. The standard InChI is InChI=1S/C12H15F2NO3/c1-12(13,14)10-6-5-8(11(16)17)9(15-10)4-3-7-18-2/h5-6H,3-4,7H2,1-2H3,(H,16,17). The highest BCUT2D eigenvalue weighted by molar-refractivity contribution is 5.88. The second-order valence-corrected chi connectivity index (χ2v) is 3.98. The molecule has 0 fully saturated rings. The van der Waals surface area contributed by atoms with Gasteiger partial charge in [0.15, 0.2) is 0 Å². The summed E-state index contributed by atoms with van der Waals surface area (Å²) in [6.45, 7) is 1.15. The first-order chi connectivity index (χ1) is 8.36. The first-order valence-electron chi connectivity index (χ1n) is 5.46. The zero-order valence-electron chi connectivity index (χ0n) is 10.2. The number of aromatic carboxylic acids is 1. The van der Waals surface area contributed by atoms with Gasteiger partial charge in [0.1, 0.15) is 5.69 Å². The first kappa shape index (κ1) is 14.5. The van der Waals surface area contributed by atoms with E-state index in [9.17, 15) is 13.6 Å². The molecule has 0 atom stereocenters.